The van der Waals surface area contributed by atoms with Gasteiger partial charge in [0.25, 0.3) is 4.96 Å². The van der Waals surface area contributed by atoms with E-state index in [1.54, 1.807) is 18.7 Å². The first-order valence-corrected chi connectivity index (χ1v) is 7.92. The smallest absolute Gasteiger partial charge is 0.362 e. The molecule has 3 aromatic rings. The van der Waals surface area contributed by atoms with Crippen molar-refractivity contribution in [2.24, 2.45) is 0 Å². The van der Waals surface area contributed by atoms with E-state index in [1.165, 1.54) is 27.5 Å². The monoisotopic (exact) mass is 321 g/mol. The van der Waals surface area contributed by atoms with Crippen LogP contribution in [0.1, 0.15) is 5.56 Å². The maximum absolute atomic E-state index is 11.2. The maximum Gasteiger partial charge on any atom is 0.362 e. The minimum atomic E-state index is -0.392. The molecule has 108 valence electrons. The molecule has 0 radical (unpaired) electrons. The second-order valence-corrected chi connectivity index (χ2v) is 5.99. The van der Waals surface area contributed by atoms with E-state index in [4.69, 9.17) is 4.74 Å². The number of fused-ring (bicyclic) bond motifs is 1. The molecule has 0 saturated carbocycles. The van der Waals surface area contributed by atoms with Crippen LogP contribution in [0.15, 0.2) is 40.9 Å². The summed E-state index contributed by atoms with van der Waals surface area (Å²) in [5.41, 5.74) is 0.982. The summed E-state index contributed by atoms with van der Waals surface area (Å²) in [6, 6.07) is 7.62. The molecule has 6 nitrogen and oxygen atoms in total. The molecule has 0 amide bonds. The van der Waals surface area contributed by atoms with Crippen molar-refractivity contribution < 1.29 is 9.66 Å². The number of nitrogens with zero attached hydrogens (tertiary/aromatic N) is 3. The molecule has 0 saturated heterocycles. The summed E-state index contributed by atoms with van der Waals surface area (Å²) in [5, 5.41) is 13.5. The number of hydrogen-bond acceptors (Lipinski definition) is 6. The van der Waals surface area contributed by atoms with Crippen molar-refractivity contribution in [1.29, 1.82) is 0 Å². The van der Waals surface area contributed by atoms with E-state index < -0.39 is 4.92 Å². The zero-order valence-electron chi connectivity index (χ0n) is 11.1. The van der Waals surface area contributed by atoms with Crippen LogP contribution < -0.4 is 4.74 Å². The van der Waals surface area contributed by atoms with Gasteiger partial charge in [0.15, 0.2) is 5.03 Å². The molecule has 0 N–H and O–H groups in total. The Balaban J connectivity index is 1.90. The van der Waals surface area contributed by atoms with Gasteiger partial charge in [-0.3, -0.25) is 0 Å². The standard InChI is InChI=1S/C13H11N3O3S2/c1-19-10-5-3-2-4-9(10)8-21-11-12(16(17)18)15-6-7-20-13(15)14-11/h2-7H,8H2,1H3. The van der Waals surface area contributed by atoms with Gasteiger partial charge in [-0.05, 0) is 11.0 Å². The molecule has 0 fully saturated rings. The number of rotatable bonds is 5. The van der Waals surface area contributed by atoms with Gasteiger partial charge in [-0.25, -0.2) is 0 Å². The molecule has 3 rings (SSSR count). The van der Waals surface area contributed by atoms with Crippen LogP contribution in [0.3, 0.4) is 0 Å². The van der Waals surface area contributed by atoms with Crippen LogP contribution in [0.4, 0.5) is 5.82 Å². The zero-order valence-corrected chi connectivity index (χ0v) is 12.7. The predicted molar refractivity (Wildman–Crippen MR) is 82.3 cm³/mol. The second-order valence-electron chi connectivity index (χ2n) is 4.15. The van der Waals surface area contributed by atoms with Crippen LogP contribution in [0.25, 0.3) is 4.96 Å². The number of thiazole rings is 1. The number of para-hydroxylation sites is 1. The Kier molecular flexibility index (Phi) is 3.80. The summed E-state index contributed by atoms with van der Waals surface area (Å²) in [6.07, 6.45) is 1.66. The number of nitro groups is 1. The van der Waals surface area contributed by atoms with E-state index in [9.17, 15) is 10.1 Å². The van der Waals surface area contributed by atoms with Gasteiger partial charge in [-0.1, -0.05) is 41.3 Å². The molecular formula is C13H11N3O3S2. The lowest BCUT2D eigenvalue weighted by Gasteiger charge is -2.06. The molecular weight excluding hydrogens is 310 g/mol. The molecule has 0 aliphatic carbocycles. The molecule has 0 aliphatic heterocycles. The van der Waals surface area contributed by atoms with E-state index in [0.29, 0.717) is 15.7 Å². The minimum Gasteiger partial charge on any atom is -0.496 e. The van der Waals surface area contributed by atoms with Gasteiger partial charge in [-0.15, -0.1) is 0 Å². The van der Waals surface area contributed by atoms with E-state index in [1.807, 2.05) is 24.3 Å². The Hall–Kier alpha value is -2.06. The maximum atomic E-state index is 11.2. The van der Waals surface area contributed by atoms with Crippen molar-refractivity contribution in [1.82, 2.24) is 9.38 Å². The topological polar surface area (TPSA) is 69.7 Å². The lowest BCUT2D eigenvalue weighted by molar-refractivity contribution is -0.393. The molecule has 8 heteroatoms. The first-order valence-electron chi connectivity index (χ1n) is 6.05. The van der Waals surface area contributed by atoms with Crippen LogP contribution in [0.2, 0.25) is 0 Å². The molecule has 0 unspecified atom stereocenters. The average molecular weight is 321 g/mol. The number of benzene rings is 1. The number of methoxy groups -OCH3 is 1. The molecule has 0 spiro atoms. The molecule has 2 heterocycles. The molecule has 0 aliphatic rings. The normalized spacial score (nSPS) is 10.9. The van der Waals surface area contributed by atoms with Gasteiger partial charge in [0.1, 0.15) is 11.9 Å². The summed E-state index contributed by atoms with van der Waals surface area (Å²) < 4.78 is 6.79. The van der Waals surface area contributed by atoms with Crippen molar-refractivity contribution in [2.45, 2.75) is 10.8 Å². The highest BCUT2D eigenvalue weighted by atomic mass is 32.2. The first kappa shape index (κ1) is 13.9. The van der Waals surface area contributed by atoms with Gasteiger partial charge in [0.2, 0.25) is 0 Å². The average Bonchev–Trinajstić information content (AvgIpc) is 3.05. The van der Waals surface area contributed by atoms with Crippen LogP contribution in [0, 0.1) is 10.1 Å². The fraction of sp³-hybridized carbons (Fsp3) is 0.154. The third-order valence-corrected chi connectivity index (χ3v) is 4.70. The zero-order chi connectivity index (χ0) is 14.8. The lowest BCUT2D eigenvalue weighted by Crippen LogP contribution is -1.94. The summed E-state index contributed by atoms with van der Waals surface area (Å²) in [7, 11) is 1.61. The van der Waals surface area contributed by atoms with Crippen LogP contribution in [-0.4, -0.2) is 21.4 Å². The van der Waals surface area contributed by atoms with Crippen molar-refractivity contribution >= 4 is 33.9 Å². The highest BCUT2D eigenvalue weighted by Crippen LogP contribution is 2.34. The largest absolute Gasteiger partial charge is 0.496 e. The summed E-state index contributed by atoms with van der Waals surface area (Å²) >= 11 is 2.72. The Morgan fingerprint density at radius 2 is 2.29 bits per heavy atom. The Bertz CT molecular complexity index is 797. The Morgan fingerprint density at radius 3 is 3.05 bits per heavy atom. The highest BCUT2D eigenvalue weighted by molar-refractivity contribution is 7.98. The van der Waals surface area contributed by atoms with E-state index in [0.717, 1.165) is 11.3 Å². The Morgan fingerprint density at radius 1 is 1.48 bits per heavy atom. The van der Waals surface area contributed by atoms with Crippen LogP contribution in [-0.2, 0) is 5.75 Å². The molecule has 0 atom stereocenters. The third kappa shape index (κ3) is 2.59. The van der Waals surface area contributed by atoms with E-state index in [-0.39, 0.29) is 5.82 Å². The summed E-state index contributed by atoms with van der Waals surface area (Å²) in [5.74, 6) is 1.36. The fourth-order valence-corrected chi connectivity index (χ4v) is 3.74. The van der Waals surface area contributed by atoms with Crippen molar-refractivity contribution in [2.75, 3.05) is 7.11 Å². The fourth-order valence-electron chi connectivity index (χ4n) is 1.99. The van der Waals surface area contributed by atoms with Crippen molar-refractivity contribution in [3.63, 3.8) is 0 Å². The van der Waals surface area contributed by atoms with Gasteiger partial charge >= 0.3 is 5.82 Å². The number of hydrogen-bond donors (Lipinski definition) is 0. The van der Waals surface area contributed by atoms with Crippen LogP contribution >= 0.6 is 23.1 Å². The summed E-state index contributed by atoms with van der Waals surface area (Å²) in [4.78, 5) is 15.8. The Labute approximate surface area is 128 Å². The highest BCUT2D eigenvalue weighted by Gasteiger charge is 2.24. The molecule has 21 heavy (non-hydrogen) atoms. The van der Waals surface area contributed by atoms with Crippen LogP contribution in [0.5, 0.6) is 5.75 Å². The van der Waals surface area contributed by atoms with Gasteiger partial charge in [0, 0.05) is 16.7 Å². The van der Waals surface area contributed by atoms with Crippen molar-refractivity contribution in [3.8, 4) is 5.75 Å². The number of thioether (sulfide) groups is 1. The third-order valence-electron chi connectivity index (χ3n) is 2.94. The number of imidazole rings is 1. The van der Waals surface area contributed by atoms with Crippen molar-refractivity contribution in [3.05, 3.63) is 51.5 Å². The van der Waals surface area contributed by atoms with Gasteiger partial charge in [-0.2, -0.15) is 9.38 Å². The minimum absolute atomic E-state index is 0.0196. The van der Waals surface area contributed by atoms with Gasteiger partial charge in [0.05, 0.1) is 7.11 Å². The predicted octanol–water partition coefficient (Wildman–Crippen LogP) is 3.60. The number of aromatic nitrogens is 2. The van der Waals surface area contributed by atoms with Gasteiger partial charge < -0.3 is 14.9 Å². The lowest BCUT2D eigenvalue weighted by atomic mass is 10.2. The molecule has 0 bridgehead atoms. The summed E-state index contributed by atoms with van der Waals surface area (Å²) in [6.45, 7) is 0. The second kappa shape index (κ2) is 5.74. The first-order chi connectivity index (χ1) is 10.2. The molecule has 1 aromatic carbocycles. The SMILES string of the molecule is COc1ccccc1CSc1nc2sccn2c1[N+](=O)[O-]. The number of ether oxygens (including phenoxy) is 1. The van der Waals surface area contributed by atoms with E-state index in [2.05, 4.69) is 4.98 Å². The quantitative estimate of drug-likeness (QED) is 0.408. The van der Waals surface area contributed by atoms with E-state index >= 15 is 0 Å². The molecule has 2 aromatic heterocycles.